The van der Waals surface area contributed by atoms with Crippen molar-refractivity contribution in [3.8, 4) is 11.1 Å². The third-order valence-electron chi connectivity index (χ3n) is 4.49. The molecule has 30 heavy (non-hydrogen) atoms. The summed E-state index contributed by atoms with van der Waals surface area (Å²) < 4.78 is 4.65. The van der Waals surface area contributed by atoms with Crippen LogP contribution in [-0.4, -0.2) is 35.7 Å². The molecule has 2 aromatic heterocycles. The first kappa shape index (κ1) is 22.9. The lowest BCUT2D eigenvalue weighted by Gasteiger charge is -2.15. The Labute approximate surface area is 180 Å². The fourth-order valence-corrected chi connectivity index (χ4v) is 3.09. The van der Waals surface area contributed by atoms with Gasteiger partial charge in [-0.3, -0.25) is 10.3 Å². The SMILES string of the molecule is CCNC(=O)Nc1cc2c(-c3ccncc3C)ccc(CNC(=O)OC)c2cn1.Cl. The van der Waals surface area contributed by atoms with Crippen molar-refractivity contribution in [3.05, 3.63) is 54.0 Å². The lowest BCUT2D eigenvalue weighted by molar-refractivity contribution is 0.170. The topological polar surface area (TPSA) is 105 Å². The lowest BCUT2D eigenvalue weighted by Crippen LogP contribution is -2.28. The Morgan fingerprint density at radius 3 is 2.57 bits per heavy atom. The van der Waals surface area contributed by atoms with E-state index in [0.717, 1.165) is 33.0 Å². The summed E-state index contributed by atoms with van der Waals surface area (Å²) in [6, 6.07) is 7.42. The molecule has 0 aliphatic rings. The Bertz CT molecular complexity index is 1060. The average molecular weight is 430 g/mol. The molecule has 0 atom stereocenters. The molecule has 9 heteroatoms. The van der Waals surface area contributed by atoms with Crippen molar-refractivity contribution in [1.29, 1.82) is 0 Å². The lowest BCUT2D eigenvalue weighted by atomic mass is 9.94. The van der Waals surface area contributed by atoms with Gasteiger partial charge in [-0.1, -0.05) is 12.1 Å². The summed E-state index contributed by atoms with van der Waals surface area (Å²) in [4.78, 5) is 31.9. The first-order chi connectivity index (χ1) is 14.0. The highest BCUT2D eigenvalue weighted by Gasteiger charge is 2.13. The minimum atomic E-state index is -0.505. The summed E-state index contributed by atoms with van der Waals surface area (Å²) in [5.41, 5.74) is 3.94. The molecule has 0 bridgehead atoms. The maximum atomic E-state index is 11.9. The van der Waals surface area contributed by atoms with Crippen molar-refractivity contribution in [2.75, 3.05) is 19.0 Å². The van der Waals surface area contributed by atoms with Gasteiger partial charge in [-0.2, -0.15) is 0 Å². The predicted molar refractivity (Wildman–Crippen MR) is 119 cm³/mol. The molecular formula is C21H24ClN5O3. The maximum Gasteiger partial charge on any atom is 0.407 e. The Hall–Kier alpha value is -3.39. The monoisotopic (exact) mass is 429 g/mol. The van der Waals surface area contributed by atoms with Crippen LogP contribution in [0.5, 0.6) is 0 Å². The number of methoxy groups -OCH3 is 1. The number of halogens is 1. The van der Waals surface area contributed by atoms with Gasteiger partial charge >= 0.3 is 12.1 Å². The maximum absolute atomic E-state index is 11.9. The number of nitrogens with zero attached hydrogens (tertiary/aromatic N) is 2. The number of nitrogens with one attached hydrogen (secondary N) is 3. The van der Waals surface area contributed by atoms with E-state index in [2.05, 4.69) is 30.7 Å². The normalized spacial score (nSPS) is 10.1. The van der Waals surface area contributed by atoms with Crippen LogP contribution in [0.4, 0.5) is 15.4 Å². The molecule has 3 N–H and O–H groups in total. The number of hydrogen-bond acceptors (Lipinski definition) is 5. The van der Waals surface area contributed by atoms with E-state index in [1.165, 1.54) is 7.11 Å². The van der Waals surface area contributed by atoms with Gasteiger partial charge in [0.25, 0.3) is 0 Å². The zero-order valence-electron chi connectivity index (χ0n) is 17.0. The number of fused-ring (bicyclic) bond motifs is 1. The molecule has 0 fully saturated rings. The highest BCUT2D eigenvalue weighted by atomic mass is 35.5. The van der Waals surface area contributed by atoms with Crippen LogP contribution in [0.15, 0.2) is 42.9 Å². The zero-order chi connectivity index (χ0) is 20.8. The van der Waals surface area contributed by atoms with Crippen LogP contribution in [0.2, 0.25) is 0 Å². The molecule has 3 aromatic rings. The second-order valence-electron chi connectivity index (χ2n) is 6.41. The van der Waals surface area contributed by atoms with Crippen LogP contribution in [-0.2, 0) is 11.3 Å². The molecule has 0 spiro atoms. The number of hydrogen-bond donors (Lipinski definition) is 3. The van der Waals surface area contributed by atoms with Crippen molar-refractivity contribution >= 4 is 41.1 Å². The fraction of sp³-hybridized carbons (Fsp3) is 0.238. The standard InChI is InChI=1S/C21H23N5O3.ClH/c1-4-23-20(27)26-19-9-17-16(15-7-8-22-10-13(15)2)6-5-14(18(17)12-24-19)11-25-21(28)29-3;/h5-10,12H,4,11H2,1-3H3,(H,25,28)(H2,23,24,26,27);1H. The number of aromatic nitrogens is 2. The largest absolute Gasteiger partial charge is 0.453 e. The summed E-state index contributed by atoms with van der Waals surface area (Å²) in [7, 11) is 1.32. The molecule has 8 nitrogen and oxygen atoms in total. The van der Waals surface area contributed by atoms with Crippen LogP contribution in [0.25, 0.3) is 21.9 Å². The van der Waals surface area contributed by atoms with E-state index in [4.69, 9.17) is 0 Å². The van der Waals surface area contributed by atoms with E-state index in [1.807, 2.05) is 44.3 Å². The van der Waals surface area contributed by atoms with Crippen LogP contribution >= 0.6 is 12.4 Å². The minimum absolute atomic E-state index is 0. The number of anilines is 1. The van der Waals surface area contributed by atoms with Gasteiger partial charge in [-0.15, -0.1) is 12.4 Å². The second-order valence-corrected chi connectivity index (χ2v) is 6.41. The number of rotatable bonds is 5. The Kier molecular flexibility index (Phi) is 7.94. The first-order valence-electron chi connectivity index (χ1n) is 9.22. The van der Waals surface area contributed by atoms with Gasteiger partial charge < -0.3 is 15.4 Å². The van der Waals surface area contributed by atoms with Crippen LogP contribution in [0.1, 0.15) is 18.1 Å². The number of carbonyl (C=O) groups is 2. The average Bonchev–Trinajstić information content (AvgIpc) is 2.72. The van der Waals surface area contributed by atoms with Crippen molar-refractivity contribution in [2.45, 2.75) is 20.4 Å². The van der Waals surface area contributed by atoms with Gasteiger partial charge in [-0.25, -0.2) is 14.6 Å². The molecule has 0 aliphatic heterocycles. The Morgan fingerprint density at radius 2 is 1.87 bits per heavy atom. The molecule has 0 saturated heterocycles. The van der Waals surface area contributed by atoms with Crippen LogP contribution in [0.3, 0.4) is 0 Å². The van der Waals surface area contributed by atoms with Crippen molar-refractivity contribution < 1.29 is 14.3 Å². The molecule has 158 valence electrons. The number of alkyl carbamates (subject to hydrolysis) is 1. The molecule has 0 saturated carbocycles. The summed E-state index contributed by atoms with van der Waals surface area (Å²) >= 11 is 0. The van der Waals surface area contributed by atoms with Crippen molar-refractivity contribution in [2.24, 2.45) is 0 Å². The molecule has 0 radical (unpaired) electrons. The first-order valence-corrected chi connectivity index (χ1v) is 9.22. The van der Waals surface area contributed by atoms with Gasteiger partial charge in [0.05, 0.1) is 7.11 Å². The van der Waals surface area contributed by atoms with Crippen molar-refractivity contribution in [3.63, 3.8) is 0 Å². The minimum Gasteiger partial charge on any atom is -0.453 e. The summed E-state index contributed by atoms with van der Waals surface area (Å²) in [5, 5.41) is 9.91. The second kappa shape index (κ2) is 10.4. The molecule has 0 aliphatic carbocycles. The van der Waals surface area contributed by atoms with Gasteiger partial charge in [0.2, 0.25) is 0 Å². The molecular weight excluding hydrogens is 406 g/mol. The van der Waals surface area contributed by atoms with Gasteiger partial charge in [-0.05, 0) is 53.6 Å². The third-order valence-corrected chi connectivity index (χ3v) is 4.49. The van der Waals surface area contributed by atoms with Gasteiger partial charge in [0, 0.05) is 37.1 Å². The van der Waals surface area contributed by atoms with E-state index in [1.54, 1.807) is 12.4 Å². The van der Waals surface area contributed by atoms with Crippen molar-refractivity contribution in [1.82, 2.24) is 20.6 Å². The highest BCUT2D eigenvalue weighted by Crippen LogP contribution is 2.33. The number of pyridine rings is 2. The predicted octanol–water partition coefficient (Wildman–Crippen LogP) is 4.02. The zero-order valence-corrected chi connectivity index (χ0v) is 17.8. The molecule has 3 rings (SSSR count). The van der Waals surface area contributed by atoms with E-state index >= 15 is 0 Å². The summed E-state index contributed by atoms with van der Waals surface area (Å²) in [5.74, 6) is 0.439. The summed E-state index contributed by atoms with van der Waals surface area (Å²) in [6.45, 7) is 4.65. The highest BCUT2D eigenvalue weighted by molar-refractivity contribution is 6.01. The van der Waals surface area contributed by atoms with E-state index in [-0.39, 0.29) is 18.4 Å². The van der Waals surface area contributed by atoms with E-state index in [0.29, 0.717) is 18.9 Å². The molecule has 1 aromatic carbocycles. The quantitative estimate of drug-likeness (QED) is 0.568. The summed E-state index contributed by atoms with van der Waals surface area (Å²) in [6.07, 6.45) is 4.75. The van der Waals surface area contributed by atoms with Crippen LogP contribution < -0.4 is 16.0 Å². The Morgan fingerprint density at radius 1 is 1.07 bits per heavy atom. The number of carbonyl (C=O) groups excluding carboxylic acids is 2. The number of urea groups is 1. The van der Waals surface area contributed by atoms with Gasteiger partial charge in [0.15, 0.2) is 0 Å². The number of ether oxygens (including phenoxy) is 1. The van der Waals surface area contributed by atoms with Gasteiger partial charge in [0.1, 0.15) is 5.82 Å². The number of aryl methyl sites for hydroxylation is 1. The Balaban J connectivity index is 0.00000320. The fourth-order valence-electron chi connectivity index (χ4n) is 3.09. The third kappa shape index (κ3) is 5.15. The number of benzene rings is 1. The molecule has 0 unspecified atom stereocenters. The van der Waals surface area contributed by atoms with E-state index in [9.17, 15) is 9.59 Å². The molecule has 3 amide bonds. The van der Waals surface area contributed by atoms with Crippen LogP contribution in [0, 0.1) is 6.92 Å². The molecule has 2 heterocycles. The van der Waals surface area contributed by atoms with E-state index < -0.39 is 6.09 Å². The number of amides is 3. The smallest absolute Gasteiger partial charge is 0.407 e.